The fourth-order valence-electron chi connectivity index (χ4n) is 0.586. The van der Waals surface area contributed by atoms with Gasteiger partial charge in [0.1, 0.15) is 0 Å². The Balaban J connectivity index is 2.97. The van der Waals surface area contributed by atoms with Crippen LogP contribution in [0.4, 0.5) is 0 Å². The molecule has 4 heteroatoms. The summed E-state index contributed by atoms with van der Waals surface area (Å²) in [5.41, 5.74) is 1.05. The first-order valence-electron chi connectivity index (χ1n) is 3.63. The van der Waals surface area contributed by atoms with Gasteiger partial charge in [-0.05, 0) is 19.4 Å². The first-order valence-corrected chi connectivity index (χ1v) is 7.94. The average Bonchev–Trinajstić information content (AvgIpc) is 1.85. The first-order chi connectivity index (χ1) is 5.13. The lowest BCUT2D eigenvalue weighted by atomic mass is 10.4. The van der Waals surface area contributed by atoms with Gasteiger partial charge in [-0.25, -0.2) is 0 Å². The van der Waals surface area contributed by atoms with Crippen LogP contribution in [0, 0.1) is 0 Å². The standard InChI is InChI=1S/C7H14Cl2OSi/c1-7(2)6-10-4-3-5-11(8)9/h11H,1,3-6H2,2H3. The molecular weight excluding hydrogens is 199 g/mol. The molecule has 0 spiro atoms. The number of hydrogen-bond donors (Lipinski definition) is 0. The average molecular weight is 213 g/mol. The van der Waals surface area contributed by atoms with E-state index in [-0.39, 0.29) is 0 Å². The van der Waals surface area contributed by atoms with Gasteiger partial charge in [0.05, 0.1) is 6.61 Å². The van der Waals surface area contributed by atoms with Crippen molar-refractivity contribution in [3.05, 3.63) is 12.2 Å². The van der Waals surface area contributed by atoms with E-state index in [1.807, 2.05) is 6.92 Å². The van der Waals surface area contributed by atoms with E-state index >= 15 is 0 Å². The smallest absolute Gasteiger partial charge is 0.237 e. The van der Waals surface area contributed by atoms with E-state index in [1.165, 1.54) is 0 Å². The molecule has 0 aliphatic rings. The van der Waals surface area contributed by atoms with Crippen molar-refractivity contribution in [2.24, 2.45) is 0 Å². The molecule has 0 fully saturated rings. The largest absolute Gasteiger partial charge is 0.377 e. The van der Waals surface area contributed by atoms with Crippen molar-refractivity contribution in [1.29, 1.82) is 0 Å². The molecular formula is C7H14Cl2OSi. The Labute approximate surface area is 79.3 Å². The van der Waals surface area contributed by atoms with Gasteiger partial charge in [-0.15, -0.1) is 0 Å². The maximum Gasteiger partial charge on any atom is 0.237 e. The molecule has 0 amide bonds. The van der Waals surface area contributed by atoms with Gasteiger partial charge in [-0.3, -0.25) is 0 Å². The number of rotatable bonds is 6. The third-order valence-electron chi connectivity index (χ3n) is 1.06. The second-order valence-electron chi connectivity index (χ2n) is 2.54. The van der Waals surface area contributed by atoms with Crippen LogP contribution in [0.5, 0.6) is 0 Å². The summed E-state index contributed by atoms with van der Waals surface area (Å²) in [5.74, 6) is 0. The zero-order valence-electron chi connectivity index (χ0n) is 6.78. The van der Waals surface area contributed by atoms with Crippen LogP contribution in [0.15, 0.2) is 12.2 Å². The summed E-state index contributed by atoms with van der Waals surface area (Å²) >= 11 is 11.3. The number of hydrogen-bond acceptors (Lipinski definition) is 1. The molecule has 1 nitrogen and oxygen atoms in total. The maximum absolute atomic E-state index is 5.65. The molecule has 0 rings (SSSR count). The van der Waals surface area contributed by atoms with Crippen LogP contribution >= 0.6 is 22.2 Å². The van der Waals surface area contributed by atoms with Crippen LogP contribution in [-0.4, -0.2) is 20.6 Å². The van der Waals surface area contributed by atoms with E-state index in [0.29, 0.717) is 6.61 Å². The zero-order chi connectivity index (χ0) is 8.69. The van der Waals surface area contributed by atoms with Gasteiger partial charge in [0.2, 0.25) is 7.42 Å². The number of halogens is 2. The Kier molecular flexibility index (Phi) is 7.49. The molecule has 11 heavy (non-hydrogen) atoms. The zero-order valence-corrected chi connectivity index (χ0v) is 9.44. The van der Waals surface area contributed by atoms with Crippen LogP contribution in [-0.2, 0) is 4.74 Å². The topological polar surface area (TPSA) is 9.23 Å². The summed E-state index contributed by atoms with van der Waals surface area (Å²) < 4.78 is 5.25. The van der Waals surface area contributed by atoms with Crippen molar-refractivity contribution in [2.45, 2.75) is 19.4 Å². The summed E-state index contributed by atoms with van der Waals surface area (Å²) in [7, 11) is -1.40. The van der Waals surface area contributed by atoms with Gasteiger partial charge in [0.25, 0.3) is 0 Å². The normalized spacial score (nSPS) is 10.5. The van der Waals surface area contributed by atoms with Gasteiger partial charge >= 0.3 is 0 Å². The second kappa shape index (κ2) is 7.16. The summed E-state index contributed by atoms with van der Waals surface area (Å²) in [4.78, 5) is 0. The van der Waals surface area contributed by atoms with Gasteiger partial charge in [0, 0.05) is 6.61 Å². The number of ether oxygens (including phenoxy) is 1. The van der Waals surface area contributed by atoms with Crippen molar-refractivity contribution < 1.29 is 4.74 Å². The fourth-order valence-corrected chi connectivity index (χ4v) is 1.99. The molecule has 0 saturated heterocycles. The summed E-state index contributed by atoms with van der Waals surface area (Å²) in [6.07, 6.45) is 0.969. The summed E-state index contributed by atoms with van der Waals surface area (Å²) in [6.45, 7) is 7.06. The van der Waals surface area contributed by atoms with E-state index < -0.39 is 7.42 Å². The molecule has 0 N–H and O–H groups in total. The van der Waals surface area contributed by atoms with Crippen LogP contribution in [0.1, 0.15) is 13.3 Å². The lowest BCUT2D eigenvalue weighted by molar-refractivity contribution is 0.157. The van der Waals surface area contributed by atoms with Gasteiger partial charge < -0.3 is 4.74 Å². The van der Waals surface area contributed by atoms with Crippen molar-refractivity contribution in [3.63, 3.8) is 0 Å². The van der Waals surface area contributed by atoms with Crippen molar-refractivity contribution >= 4 is 29.6 Å². The van der Waals surface area contributed by atoms with Crippen molar-refractivity contribution in [1.82, 2.24) is 0 Å². The van der Waals surface area contributed by atoms with E-state index in [1.54, 1.807) is 0 Å². The van der Waals surface area contributed by atoms with E-state index in [2.05, 4.69) is 6.58 Å². The minimum atomic E-state index is -1.40. The Bertz CT molecular complexity index is 117. The molecule has 0 bridgehead atoms. The molecule has 0 aromatic heterocycles. The first kappa shape index (κ1) is 11.5. The van der Waals surface area contributed by atoms with E-state index in [4.69, 9.17) is 26.9 Å². The van der Waals surface area contributed by atoms with Crippen molar-refractivity contribution in [3.8, 4) is 0 Å². The highest BCUT2D eigenvalue weighted by Crippen LogP contribution is 2.06. The molecule has 66 valence electrons. The van der Waals surface area contributed by atoms with Crippen LogP contribution in [0.25, 0.3) is 0 Å². The van der Waals surface area contributed by atoms with Crippen LogP contribution < -0.4 is 0 Å². The van der Waals surface area contributed by atoms with Gasteiger partial charge in [-0.1, -0.05) is 12.2 Å². The van der Waals surface area contributed by atoms with Crippen LogP contribution in [0.2, 0.25) is 6.04 Å². The predicted octanol–water partition coefficient (Wildman–Crippen LogP) is 2.67. The third kappa shape index (κ3) is 10.5. The highest BCUT2D eigenvalue weighted by atomic mass is 35.7. The lowest BCUT2D eigenvalue weighted by Gasteiger charge is -2.02. The third-order valence-corrected chi connectivity index (χ3v) is 3.21. The summed E-state index contributed by atoms with van der Waals surface area (Å²) in [5, 5.41) is 0. The van der Waals surface area contributed by atoms with Gasteiger partial charge in [0.15, 0.2) is 0 Å². The molecule has 0 atom stereocenters. The summed E-state index contributed by atoms with van der Waals surface area (Å²) in [6, 6.07) is 0.930. The Morgan fingerprint density at radius 1 is 1.55 bits per heavy atom. The SMILES string of the molecule is C=C(C)COCCC[SiH](Cl)Cl. The predicted molar refractivity (Wildman–Crippen MR) is 53.9 cm³/mol. The molecule has 0 aliphatic heterocycles. The molecule has 0 aliphatic carbocycles. The molecule has 0 radical (unpaired) electrons. The van der Waals surface area contributed by atoms with E-state index in [9.17, 15) is 0 Å². The van der Waals surface area contributed by atoms with E-state index in [0.717, 1.165) is 24.6 Å². The second-order valence-corrected chi connectivity index (χ2v) is 7.73. The molecule has 0 saturated carbocycles. The van der Waals surface area contributed by atoms with Crippen molar-refractivity contribution in [2.75, 3.05) is 13.2 Å². The minimum Gasteiger partial charge on any atom is -0.377 e. The molecule has 0 aromatic rings. The molecule has 0 heterocycles. The highest BCUT2D eigenvalue weighted by molar-refractivity contribution is 7.33. The Morgan fingerprint density at radius 3 is 2.64 bits per heavy atom. The molecule has 0 aromatic carbocycles. The fraction of sp³-hybridized carbons (Fsp3) is 0.714. The van der Waals surface area contributed by atoms with Crippen LogP contribution in [0.3, 0.4) is 0 Å². The monoisotopic (exact) mass is 212 g/mol. The minimum absolute atomic E-state index is 0.650. The Morgan fingerprint density at radius 2 is 2.18 bits per heavy atom. The van der Waals surface area contributed by atoms with Gasteiger partial charge in [-0.2, -0.15) is 22.2 Å². The lowest BCUT2D eigenvalue weighted by Crippen LogP contribution is -2.00. The quantitative estimate of drug-likeness (QED) is 0.285. The Hall–Kier alpha value is 0.497. The molecule has 0 unspecified atom stereocenters. The highest BCUT2D eigenvalue weighted by Gasteiger charge is 2.00. The maximum atomic E-state index is 5.65.